The van der Waals surface area contributed by atoms with Gasteiger partial charge in [0.05, 0.1) is 6.61 Å². The highest BCUT2D eigenvalue weighted by molar-refractivity contribution is 5.56. The fraction of sp³-hybridized carbons (Fsp3) is 0.455. The molecule has 3 heteroatoms. The molecular weight excluding hydrogens is 176 g/mol. The quantitative estimate of drug-likeness (QED) is 0.688. The summed E-state index contributed by atoms with van der Waals surface area (Å²) in [5.74, 6) is 0.940. The Kier molecular flexibility index (Phi) is 2.33. The number of fused-ring (bicyclic) bond motifs is 1. The summed E-state index contributed by atoms with van der Waals surface area (Å²) in [5, 5.41) is 0. The zero-order valence-electron chi connectivity index (χ0n) is 8.66. The molecule has 2 N–H and O–H groups in total. The Hall–Kier alpha value is -1.22. The second kappa shape index (κ2) is 3.50. The van der Waals surface area contributed by atoms with E-state index in [0.29, 0.717) is 6.04 Å². The molecule has 3 nitrogen and oxygen atoms in total. The number of ether oxygens (including phenoxy) is 1. The second-order valence-electron chi connectivity index (χ2n) is 3.88. The van der Waals surface area contributed by atoms with E-state index in [4.69, 9.17) is 10.5 Å². The van der Waals surface area contributed by atoms with Crippen LogP contribution in [0.15, 0.2) is 18.2 Å². The molecule has 0 radical (unpaired) electrons. The van der Waals surface area contributed by atoms with Crippen LogP contribution >= 0.6 is 0 Å². The lowest BCUT2D eigenvalue weighted by Gasteiger charge is -2.31. The minimum absolute atomic E-state index is 0.389. The smallest absolute Gasteiger partial charge is 0.126 e. The van der Waals surface area contributed by atoms with Crippen LogP contribution in [-0.2, 0) is 0 Å². The van der Waals surface area contributed by atoms with Crippen LogP contribution in [0.3, 0.4) is 0 Å². The number of nitrogens with zero attached hydrogens (tertiary/aromatic N) is 1. The van der Waals surface area contributed by atoms with Gasteiger partial charge in [-0.15, -0.1) is 0 Å². The van der Waals surface area contributed by atoms with Gasteiger partial charge < -0.3 is 15.4 Å². The van der Waals surface area contributed by atoms with E-state index in [-0.39, 0.29) is 0 Å². The summed E-state index contributed by atoms with van der Waals surface area (Å²) in [4.78, 5) is 2.19. The van der Waals surface area contributed by atoms with Crippen LogP contribution < -0.4 is 10.5 Å². The SMILES string of the molecule is CN(C)C1CCOc2cccc(N)c21. The minimum Gasteiger partial charge on any atom is -0.493 e. The Morgan fingerprint density at radius 2 is 2.21 bits per heavy atom. The molecule has 0 aliphatic carbocycles. The zero-order chi connectivity index (χ0) is 10.1. The van der Waals surface area contributed by atoms with Crippen molar-refractivity contribution in [3.8, 4) is 5.75 Å². The Morgan fingerprint density at radius 1 is 1.43 bits per heavy atom. The van der Waals surface area contributed by atoms with E-state index in [2.05, 4.69) is 19.0 Å². The molecule has 1 aromatic carbocycles. The summed E-state index contributed by atoms with van der Waals surface area (Å²) in [6.07, 6.45) is 1.01. The van der Waals surface area contributed by atoms with Gasteiger partial charge in [-0.3, -0.25) is 0 Å². The third-order valence-corrected chi connectivity index (χ3v) is 2.71. The molecule has 14 heavy (non-hydrogen) atoms. The average Bonchev–Trinajstić information content (AvgIpc) is 2.17. The highest BCUT2D eigenvalue weighted by Gasteiger charge is 2.24. The molecule has 1 unspecified atom stereocenters. The largest absolute Gasteiger partial charge is 0.493 e. The number of nitrogen functional groups attached to an aromatic ring is 1. The van der Waals surface area contributed by atoms with E-state index < -0.39 is 0 Å². The van der Waals surface area contributed by atoms with Gasteiger partial charge in [0.25, 0.3) is 0 Å². The monoisotopic (exact) mass is 192 g/mol. The standard InChI is InChI=1S/C11H16N2O/c1-13(2)9-6-7-14-10-5-3-4-8(12)11(9)10/h3-5,9H,6-7,12H2,1-2H3. The molecule has 1 aromatic rings. The number of anilines is 1. The van der Waals surface area contributed by atoms with E-state index in [1.165, 1.54) is 0 Å². The maximum Gasteiger partial charge on any atom is 0.126 e. The zero-order valence-corrected chi connectivity index (χ0v) is 8.66. The van der Waals surface area contributed by atoms with Crippen LogP contribution in [0.4, 0.5) is 5.69 Å². The normalized spacial score (nSPS) is 20.4. The van der Waals surface area contributed by atoms with Crippen molar-refractivity contribution in [1.29, 1.82) is 0 Å². The van der Waals surface area contributed by atoms with Crippen molar-refractivity contribution >= 4 is 5.69 Å². The van der Waals surface area contributed by atoms with Crippen LogP contribution in [0, 0.1) is 0 Å². The van der Waals surface area contributed by atoms with Crippen molar-refractivity contribution in [2.45, 2.75) is 12.5 Å². The molecule has 1 aliphatic rings. The number of rotatable bonds is 1. The molecular formula is C11H16N2O. The second-order valence-corrected chi connectivity index (χ2v) is 3.88. The molecule has 1 aliphatic heterocycles. The van der Waals surface area contributed by atoms with Gasteiger partial charge in [-0.2, -0.15) is 0 Å². The molecule has 0 bridgehead atoms. The molecule has 0 saturated heterocycles. The Morgan fingerprint density at radius 3 is 2.93 bits per heavy atom. The summed E-state index contributed by atoms with van der Waals surface area (Å²) in [5.41, 5.74) is 7.94. The molecule has 76 valence electrons. The van der Waals surface area contributed by atoms with Crippen LogP contribution in [-0.4, -0.2) is 25.6 Å². The van der Waals surface area contributed by atoms with Crippen molar-refractivity contribution in [2.24, 2.45) is 0 Å². The van der Waals surface area contributed by atoms with Crippen molar-refractivity contribution in [1.82, 2.24) is 4.90 Å². The number of benzene rings is 1. The van der Waals surface area contributed by atoms with Gasteiger partial charge in [-0.1, -0.05) is 6.07 Å². The molecule has 0 spiro atoms. The predicted octanol–water partition coefficient (Wildman–Crippen LogP) is 1.65. The van der Waals surface area contributed by atoms with Gasteiger partial charge in [-0.05, 0) is 26.2 Å². The number of hydrogen-bond donors (Lipinski definition) is 1. The van der Waals surface area contributed by atoms with Gasteiger partial charge in [0.15, 0.2) is 0 Å². The predicted molar refractivity (Wildman–Crippen MR) is 57.4 cm³/mol. The van der Waals surface area contributed by atoms with E-state index in [9.17, 15) is 0 Å². The lowest BCUT2D eigenvalue weighted by molar-refractivity contribution is 0.190. The third kappa shape index (κ3) is 1.44. The lowest BCUT2D eigenvalue weighted by Crippen LogP contribution is -2.27. The fourth-order valence-electron chi connectivity index (χ4n) is 1.98. The summed E-state index contributed by atoms with van der Waals surface area (Å²) < 4.78 is 5.58. The van der Waals surface area contributed by atoms with Gasteiger partial charge in [0, 0.05) is 23.7 Å². The summed E-state index contributed by atoms with van der Waals surface area (Å²) in [7, 11) is 4.15. The Labute approximate surface area is 84.5 Å². The first-order chi connectivity index (χ1) is 6.70. The summed E-state index contributed by atoms with van der Waals surface area (Å²) in [6.45, 7) is 0.777. The van der Waals surface area contributed by atoms with E-state index >= 15 is 0 Å². The molecule has 0 aromatic heterocycles. The first-order valence-electron chi connectivity index (χ1n) is 4.88. The summed E-state index contributed by atoms with van der Waals surface area (Å²) >= 11 is 0. The van der Waals surface area contributed by atoms with Crippen LogP contribution in [0.1, 0.15) is 18.0 Å². The Balaban J connectivity index is 2.47. The third-order valence-electron chi connectivity index (χ3n) is 2.71. The van der Waals surface area contributed by atoms with Crippen molar-refractivity contribution in [3.63, 3.8) is 0 Å². The van der Waals surface area contributed by atoms with E-state index in [0.717, 1.165) is 30.0 Å². The highest BCUT2D eigenvalue weighted by atomic mass is 16.5. The fourth-order valence-corrected chi connectivity index (χ4v) is 1.98. The average molecular weight is 192 g/mol. The first-order valence-corrected chi connectivity index (χ1v) is 4.88. The molecule has 1 atom stereocenters. The van der Waals surface area contributed by atoms with Gasteiger partial charge in [0.2, 0.25) is 0 Å². The Bertz CT molecular complexity index is 336. The number of nitrogens with two attached hydrogens (primary N) is 1. The lowest BCUT2D eigenvalue weighted by atomic mass is 9.98. The van der Waals surface area contributed by atoms with Crippen molar-refractivity contribution < 1.29 is 4.74 Å². The first kappa shape index (κ1) is 9.34. The van der Waals surface area contributed by atoms with Crippen molar-refractivity contribution in [3.05, 3.63) is 23.8 Å². The van der Waals surface area contributed by atoms with Crippen LogP contribution in [0.2, 0.25) is 0 Å². The minimum atomic E-state index is 0.389. The molecule has 0 fully saturated rings. The maximum absolute atomic E-state index is 5.96. The molecule has 0 saturated carbocycles. The van der Waals surface area contributed by atoms with E-state index in [1.807, 2.05) is 18.2 Å². The highest BCUT2D eigenvalue weighted by Crippen LogP contribution is 2.38. The molecule has 0 amide bonds. The summed E-state index contributed by atoms with van der Waals surface area (Å²) in [6, 6.07) is 6.25. The maximum atomic E-state index is 5.96. The van der Waals surface area contributed by atoms with Crippen LogP contribution in [0.5, 0.6) is 5.75 Å². The van der Waals surface area contributed by atoms with E-state index in [1.54, 1.807) is 0 Å². The van der Waals surface area contributed by atoms with Gasteiger partial charge in [0.1, 0.15) is 5.75 Å². The molecule has 1 heterocycles. The topological polar surface area (TPSA) is 38.5 Å². The molecule has 2 rings (SSSR count). The van der Waals surface area contributed by atoms with Crippen molar-refractivity contribution in [2.75, 3.05) is 26.4 Å². The number of hydrogen-bond acceptors (Lipinski definition) is 3. The van der Waals surface area contributed by atoms with Crippen LogP contribution in [0.25, 0.3) is 0 Å². The van der Waals surface area contributed by atoms with Gasteiger partial charge >= 0.3 is 0 Å². The van der Waals surface area contributed by atoms with Gasteiger partial charge in [-0.25, -0.2) is 0 Å².